The molecule has 0 bridgehead atoms. The summed E-state index contributed by atoms with van der Waals surface area (Å²) >= 11 is 0. The molecule has 1 atom stereocenters. The van der Waals surface area contributed by atoms with Crippen molar-refractivity contribution in [3.05, 3.63) is 60.0 Å². The summed E-state index contributed by atoms with van der Waals surface area (Å²) < 4.78 is 25.8. The Balaban J connectivity index is 2.21. The molecule has 0 aliphatic carbocycles. The van der Waals surface area contributed by atoms with Crippen LogP contribution in [0.25, 0.3) is 22.6 Å². The fourth-order valence-corrected chi connectivity index (χ4v) is 3.18. The molecule has 0 aliphatic heterocycles. The number of carboxylic acids is 1. The van der Waals surface area contributed by atoms with Crippen molar-refractivity contribution < 1.29 is 28.9 Å². The Labute approximate surface area is 179 Å². The number of aliphatic hydroxyl groups is 1. The first-order chi connectivity index (χ1) is 15.0. The van der Waals surface area contributed by atoms with Crippen LogP contribution >= 0.6 is 0 Å². The molecule has 0 unspecified atom stereocenters. The molecule has 2 aromatic carbocycles. The average molecular weight is 426 g/mol. The lowest BCUT2D eigenvalue weighted by Crippen LogP contribution is -2.22. The number of carbonyl (C=O) groups is 1. The van der Waals surface area contributed by atoms with Crippen LogP contribution in [0.3, 0.4) is 0 Å². The molecular formula is C23H23FN2O5. The van der Waals surface area contributed by atoms with Crippen molar-refractivity contribution >= 4 is 5.97 Å². The number of hydrogen-bond donors (Lipinski definition) is 2. The van der Waals surface area contributed by atoms with E-state index in [0.717, 1.165) is 0 Å². The Kier molecular flexibility index (Phi) is 7.15. The van der Waals surface area contributed by atoms with E-state index in [1.54, 1.807) is 36.4 Å². The second-order valence-corrected chi connectivity index (χ2v) is 6.60. The molecule has 7 nitrogen and oxygen atoms in total. The minimum atomic E-state index is -1.61. The van der Waals surface area contributed by atoms with E-state index in [1.807, 2.05) is 13.8 Å². The van der Waals surface area contributed by atoms with E-state index in [-0.39, 0.29) is 17.8 Å². The lowest BCUT2D eigenvalue weighted by atomic mass is 9.97. The molecule has 1 heterocycles. The second kappa shape index (κ2) is 9.99. The van der Waals surface area contributed by atoms with Gasteiger partial charge in [-0.2, -0.15) is 0 Å². The van der Waals surface area contributed by atoms with Gasteiger partial charge in [-0.3, -0.25) is 0 Å². The standard InChI is InChI=1S/C23H23FN2O5/c1-3-30-19-10-9-14(13-18(27)23(28)29)20(21(19)31-4-2)17-11-12-25-22(26-17)15-7-5-6-8-16(15)24/h5-12,18,27H,3-4,13H2,1-2H3,(H,28,29)/t18-/m1/s1. The first kappa shape index (κ1) is 22.2. The van der Waals surface area contributed by atoms with E-state index in [4.69, 9.17) is 14.6 Å². The highest BCUT2D eigenvalue weighted by Gasteiger charge is 2.23. The van der Waals surface area contributed by atoms with Gasteiger partial charge in [0.15, 0.2) is 23.4 Å². The van der Waals surface area contributed by atoms with Crippen LogP contribution < -0.4 is 9.47 Å². The number of rotatable bonds is 9. The number of hydrogen-bond acceptors (Lipinski definition) is 6. The van der Waals surface area contributed by atoms with Crippen LogP contribution in [0.15, 0.2) is 48.7 Å². The zero-order valence-electron chi connectivity index (χ0n) is 17.2. The number of halogens is 1. The molecule has 0 amide bonds. The van der Waals surface area contributed by atoms with Gasteiger partial charge < -0.3 is 19.7 Å². The Morgan fingerprint density at radius 3 is 2.52 bits per heavy atom. The largest absolute Gasteiger partial charge is 0.490 e. The summed E-state index contributed by atoms with van der Waals surface area (Å²) in [5, 5.41) is 19.1. The van der Waals surface area contributed by atoms with Gasteiger partial charge in [-0.1, -0.05) is 18.2 Å². The molecule has 0 saturated carbocycles. The van der Waals surface area contributed by atoms with Crippen LogP contribution in [-0.4, -0.2) is 45.5 Å². The predicted octanol–water partition coefficient (Wildman–Crippen LogP) is 3.74. The lowest BCUT2D eigenvalue weighted by molar-refractivity contribution is -0.146. The van der Waals surface area contributed by atoms with Gasteiger partial charge in [0.1, 0.15) is 5.82 Å². The van der Waals surface area contributed by atoms with E-state index < -0.39 is 17.9 Å². The van der Waals surface area contributed by atoms with E-state index >= 15 is 0 Å². The molecule has 0 aliphatic rings. The monoisotopic (exact) mass is 426 g/mol. The molecule has 2 N–H and O–H groups in total. The summed E-state index contributed by atoms with van der Waals surface area (Å²) in [6, 6.07) is 11.1. The second-order valence-electron chi connectivity index (χ2n) is 6.60. The van der Waals surface area contributed by atoms with E-state index in [0.29, 0.717) is 41.5 Å². The van der Waals surface area contributed by atoms with E-state index in [2.05, 4.69) is 9.97 Å². The molecule has 3 rings (SSSR count). The van der Waals surface area contributed by atoms with Crippen molar-refractivity contribution in [2.75, 3.05) is 13.2 Å². The van der Waals surface area contributed by atoms with Gasteiger partial charge in [0.2, 0.25) is 0 Å². The summed E-state index contributed by atoms with van der Waals surface area (Å²) in [6.07, 6.45) is -0.292. The highest BCUT2D eigenvalue weighted by Crippen LogP contribution is 2.41. The molecule has 0 fully saturated rings. The lowest BCUT2D eigenvalue weighted by Gasteiger charge is -2.19. The number of aromatic nitrogens is 2. The van der Waals surface area contributed by atoms with Crippen LogP contribution in [0.4, 0.5) is 4.39 Å². The highest BCUT2D eigenvalue weighted by molar-refractivity contribution is 5.78. The number of aliphatic carboxylic acids is 1. The van der Waals surface area contributed by atoms with Crippen LogP contribution in [-0.2, 0) is 11.2 Å². The first-order valence-electron chi connectivity index (χ1n) is 9.86. The van der Waals surface area contributed by atoms with Crippen molar-refractivity contribution in [2.24, 2.45) is 0 Å². The quantitative estimate of drug-likeness (QED) is 0.537. The fraction of sp³-hybridized carbons (Fsp3) is 0.261. The fourth-order valence-electron chi connectivity index (χ4n) is 3.18. The van der Waals surface area contributed by atoms with Gasteiger partial charge in [0.25, 0.3) is 0 Å². The summed E-state index contributed by atoms with van der Waals surface area (Å²) in [4.78, 5) is 19.9. The van der Waals surface area contributed by atoms with Gasteiger partial charge >= 0.3 is 5.97 Å². The smallest absolute Gasteiger partial charge is 0.332 e. The Hall–Kier alpha value is -3.52. The van der Waals surface area contributed by atoms with Gasteiger partial charge in [-0.05, 0) is 43.7 Å². The number of benzene rings is 2. The zero-order valence-corrected chi connectivity index (χ0v) is 17.2. The van der Waals surface area contributed by atoms with Crippen LogP contribution in [0.1, 0.15) is 19.4 Å². The van der Waals surface area contributed by atoms with Gasteiger partial charge in [0.05, 0.1) is 24.5 Å². The summed E-state index contributed by atoms with van der Waals surface area (Å²) in [5.74, 6) is -0.803. The molecule has 31 heavy (non-hydrogen) atoms. The third-order valence-electron chi connectivity index (χ3n) is 4.52. The predicted molar refractivity (Wildman–Crippen MR) is 113 cm³/mol. The maximum Gasteiger partial charge on any atom is 0.332 e. The van der Waals surface area contributed by atoms with E-state index in [9.17, 15) is 14.3 Å². The molecule has 3 aromatic rings. The normalized spacial score (nSPS) is 11.7. The van der Waals surface area contributed by atoms with Crippen molar-refractivity contribution in [2.45, 2.75) is 26.4 Å². The van der Waals surface area contributed by atoms with Crippen molar-refractivity contribution in [1.29, 1.82) is 0 Å². The molecule has 0 radical (unpaired) electrons. The molecular weight excluding hydrogens is 403 g/mol. The molecule has 0 spiro atoms. The number of aliphatic hydroxyl groups excluding tert-OH is 1. The zero-order chi connectivity index (χ0) is 22.4. The van der Waals surface area contributed by atoms with Crippen molar-refractivity contribution in [3.63, 3.8) is 0 Å². The maximum atomic E-state index is 14.3. The minimum absolute atomic E-state index is 0.170. The molecule has 0 saturated heterocycles. The first-order valence-corrected chi connectivity index (χ1v) is 9.86. The van der Waals surface area contributed by atoms with Crippen LogP contribution in [0.2, 0.25) is 0 Å². The van der Waals surface area contributed by atoms with Crippen LogP contribution in [0, 0.1) is 5.82 Å². The maximum absolute atomic E-state index is 14.3. The third-order valence-corrected chi connectivity index (χ3v) is 4.52. The summed E-state index contributed by atoms with van der Waals surface area (Å²) in [6.45, 7) is 4.35. The summed E-state index contributed by atoms with van der Waals surface area (Å²) in [5.41, 5.74) is 1.59. The van der Waals surface area contributed by atoms with Gasteiger partial charge in [-0.15, -0.1) is 0 Å². The van der Waals surface area contributed by atoms with Crippen molar-refractivity contribution in [1.82, 2.24) is 9.97 Å². The third kappa shape index (κ3) is 4.97. The Bertz CT molecular complexity index is 1070. The number of ether oxygens (including phenoxy) is 2. The molecule has 1 aromatic heterocycles. The van der Waals surface area contributed by atoms with Gasteiger partial charge in [-0.25, -0.2) is 19.2 Å². The van der Waals surface area contributed by atoms with Crippen LogP contribution in [0.5, 0.6) is 11.5 Å². The SMILES string of the molecule is CCOc1ccc(C[C@@H](O)C(=O)O)c(-c2ccnc(-c3ccccc3F)n2)c1OCC. The van der Waals surface area contributed by atoms with Gasteiger partial charge in [0, 0.05) is 18.2 Å². The average Bonchev–Trinajstić information content (AvgIpc) is 2.76. The molecule has 8 heteroatoms. The Morgan fingerprint density at radius 2 is 1.84 bits per heavy atom. The number of nitrogens with zero attached hydrogens (tertiary/aromatic N) is 2. The van der Waals surface area contributed by atoms with Crippen molar-refractivity contribution in [3.8, 4) is 34.1 Å². The Morgan fingerprint density at radius 1 is 1.10 bits per heavy atom. The topological polar surface area (TPSA) is 102 Å². The minimum Gasteiger partial charge on any atom is -0.490 e. The molecule has 162 valence electrons. The highest BCUT2D eigenvalue weighted by atomic mass is 19.1. The summed E-state index contributed by atoms with van der Waals surface area (Å²) in [7, 11) is 0. The van der Waals surface area contributed by atoms with E-state index in [1.165, 1.54) is 12.3 Å². The number of carboxylic acid groups (broad SMARTS) is 1.